The van der Waals surface area contributed by atoms with E-state index in [0.29, 0.717) is 6.54 Å². The Morgan fingerprint density at radius 1 is 1.39 bits per heavy atom. The molecular formula is C14H19NO3. The van der Waals surface area contributed by atoms with Crippen molar-refractivity contribution in [2.24, 2.45) is 0 Å². The van der Waals surface area contributed by atoms with Gasteiger partial charge in [0.15, 0.2) is 6.23 Å². The van der Waals surface area contributed by atoms with E-state index in [9.17, 15) is 9.90 Å². The van der Waals surface area contributed by atoms with E-state index in [2.05, 4.69) is 0 Å². The number of amides is 1. The molecule has 1 aliphatic heterocycles. The van der Waals surface area contributed by atoms with Gasteiger partial charge in [0.2, 0.25) is 0 Å². The summed E-state index contributed by atoms with van der Waals surface area (Å²) in [5.41, 5.74) is 1.33. The third-order valence-electron chi connectivity index (χ3n) is 2.88. The lowest BCUT2D eigenvalue weighted by Crippen LogP contribution is -2.42. The van der Waals surface area contributed by atoms with Gasteiger partial charge >= 0.3 is 6.09 Å². The summed E-state index contributed by atoms with van der Waals surface area (Å²) in [6.45, 7) is 5.92. The second-order valence-electron chi connectivity index (χ2n) is 5.50. The summed E-state index contributed by atoms with van der Waals surface area (Å²) >= 11 is 0. The van der Waals surface area contributed by atoms with Gasteiger partial charge in [-0.3, -0.25) is 4.90 Å². The molecule has 0 saturated carbocycles. The highest BCUT2D eigenvalue weighted by molar-refractivity contribution is 5.69. The monoisotopic (exact) mass is 249 g/mol. The number of nitrogens with zero attached hydrogens (tertiary/aromatic N) is 1. The second kappa shape index (κ2) is 4.61. The van der Waals surface area contributed by atoms with Crippen LogP contribution < -0.4 is 0 Å². The maximum atomic E-state index is 12.0. The standard InChI is InChI=1S/C14H19NO3/c1-14(2,3)18-13(17)15-9-8-10-6-4-5-7-11(10)12(15)16/h4-7,12,16H,8-9H2,1-3H3. The Morgan fingerprint density at radius 2 is 2.06 bits per heavy atom. The van der Waals surface area contributed by atoms with Gasteiger partial charge in [-0.25, -0.2) is 4.79 Å². The lowest BCUT2D eigenvalue weighted by atomic mass is 9.99. The third-order valence-corrected chi connectivity index (χ3v) is 2.88. The number of ether oxygens (including phenoxy) is 1. The molecule has 0 spiro atoms. The first-order valence-corrected chi connectivity index (χ1v) is 6.14. The Labute approximate surface area is 107 Å². The predicted molar refractivity (Wildman–Crippen MR) is 68.0 cm³/mol. The topological polar surface area (TPSA) is 49.8 Å². The predicted octanol–water partition coefficient (Wildman–Crippen LogP) is 2.47. The maximum Gasteiger partial charge on any atom is 0.412 e. The molecule has 4 heteroatoms. The van der Waals surface area contributed by atoms with Crippen molar-refractivity contribution in [2.45, 2.75) is 39.0 Å². The SMILES string of the molecule is CC(C)(C)OC(=O)N1CCc2ccccc2C1O. The summed E-state index contributed by atoms with van der Waals surface area (Å²) < 4.78 is 5.29. The van der Waals surface area contributed by atoms with E-state index in [4.69, 9.17) is 4.74 Å². The molecule has 18 heavy (non-hydrogen) atoms. The van der Waals surface area contributed by atoms with E-state index in [1.54, 1.807) is 0 Å². The van der Waals surface area contributed by atoms with Crippen LogP contribution >= 0.6 is 0 Å². The number of aliphatic hydroxyl groups is 1. The van der Waals surface area contributed by atoms with Crippen molar-refractivity contribution in [2.75, 3.05) is 6.54 Å². The molecule has 1 heterocycles. The quantitative estimate of drug-likeness (QED) is 0.768. The molecule has 1 aromatic rings. The third kappa shape index (κ3) is 2.64. The van der Waals surface area contributed by atoms with Crippen LogP contribution in [0.4, 0.5) is 4.79 Å². The zero-order valence-corrected chi connectivity index (χ0v) is 11.0. The van der Waals surface area contributed by atoms with E-state index in [-0.39, 0.29) is 0 Å². The van der Waals surface area contributed by atoms with Crippen LogP contribution in [0.1, 0.15) is 38.1 Å². The highest BCUT2D eigenvalue weighted by Gasteiger charge is 2.31. The van der Waals surface area contributed by atoms with Crippen LogP contribution in [-0.2, 0) is 11.2 Å². The van der Waals surface area contributed by atoms with E-state index in [1.165, 1.54) is 4.90 Å². The molecule has 0 aliphatic carbocycles. The van der Waals surface area contributed by atoms with Crippen LogP contribution in [0.25, 0.3) is 0 Å². The van der Waals surface area contributed by atoms with E-state index in [1.807, 2.05) is 45.0 Å². The molecule has 2 rings (SSSR count). The number of hydrogen-bond acceptors (Lipinski definition) is 3. The summed E-state index contributed by atoms with van der Waals surface area (Å²) in [7, 11) is 0. The van der Waals surface area contributed by atoms with Gasteiger partial charge in [-0.05, 0) is 32.8 Å². The summed E-state index contributed by atoms with van der Waals surface area (Å²) in [5.74, 6) is 0. The largest absolute Gasteiger partial charge is 0.444 e. The fraction of sp³-hybridized carbons (Fsp3) is 0.500. The van der Waals surface area contributed by atoms with Crippen LogP contribution in [-0.4, -0.2) is 28.2 Å². The fourth-order valence-corrected chi connectivity index (χ4v) is 2.06. The minimum atomic E-state index is -0.912. The van der Waals surface area contributed by atoms with E-state index in [0.717, 1.165) is 17.5 Å². The van der Waals surface area contributed by atoms with Gasteiger partial charge in [0.25, 0.3) is 0 Å². The van der Waals surface area contributed by atoms with E-state index >= 15 is 0 Å². The molecule has 1 unspecified atom stereocenters. The van der Waals surface area contributed by atoms with Gasteiger partial charge in [-0.2, -0.15) is 0 Å². The Bertz CT molecular complexity index is 451. The highest BCUT2D eigenvalue weighted by Crippen LogP contribution is 2.28. The number of hydrogen-bond donors (Lipinski definition) is 1. The van der Waals surface area contributed by atoms with Crippen LogP contribution in [0.3, 0.4) is 0 Å². The van der Waals surface area contributed by atoms with Gasteiger partial charge in [0.05, 0.1) is 0 Å². The minimum Gasteiger partial charge on any atom is -0.444 e. The first-order chi connectivity index (χ1) is 8.38. The van der Waals surface area contributed by atoms with Gasteiger partial charge in [-0.15, -0.1) is 0 Å². The average Bonchev–Trinajstić information content (AvgIpc) is 2.27. The fourth-order valence-electron chi connectivity index (χ4n) is 2.06. The number of carbonyl (C=O) groups is 1. The molecule has 98 valence electrons. The van der Waals surface area contributed by atoms with Crippen LogP contribution in [0.5, 0.6) is 0 Å². The Kier molecular flexibility index (Phi) is 3.30. The average molecular weight is 249 g/mol. The molecule has 4 nitrogen and oxygen atoms in total. The Morgan fingerprint density at radius 3 is 2.72 bits per heavy atom. The molecule has 0 bridgehead atoms. The zero-order chi connectivity index (χ0) is 13.3. The van der Waals surface area contributed by atoms with Crippen molar-refractivity contribution < 1.29 is 14.6 Å². The number of benzene rings is 1. The lowest BCUT2D eigenvalue weighted by Gasteiger charge is -2.35. The van der Waals surface area contributed by atoms with Crippen LogP contribution in [0, 0.1) is 0 Å². The molecule has 0 radical (unpaired) electrons. The molecule has 1 N–H and O–H groups in total. The lowest BCUT2D eigenvalue weighted by molar-refractivity contribution is -0.0358. The number of aliphatic hydroxyl groups excluding tert-OH is 1. The van der Waals surface area contributed by atoms with Gasteiger partial charge in [0.1, 0.15) is 5.60 Å². The highest BCUT2D eigenvalue weighted by atomic mass is 16.6. The number of rotatable bonds is 0. The van der Waals surface area contributed by atoms with Crippen molar-refractivity contribution in [1.82, 2.24) is 4.90 Å². The molecule has 1 atom stereocenters. The van der Waals surface area contributed by atoms with Gasteiger partial charge < -0.3 is 9.84 Å². The zero-order valence-electron chi connectivity index (χ0n) is 11.0. The summed E-state index contributed by atoms with van der Waals surface area (Å²) in [4.78, 5) is 13.3. The molecule has 1 aromatic carbocycles. The maximum absolute atomic E-state index is 12.0. The molecular weight excluding hydrogens is 230 g/mol. The number of fused-ring (bicyclic) bond motifs is 1. The van der Waals surface area contributed by atoms with Crippen LogP contribution in [0.15, 0.2) is 24.3 Å². The molecule has 0 aromatic heterocycles. The summed E-state index contributed by atoms with van der Waals surface area (Å²) in [5, 5.41) is 10.2. The first kappa shape index (κ1) is 12.9. The summed E-state index contributed by atoms with van der Waals surface area (Å²) in [6, 6.07) is 7.62. The second-order valence-corrected chi connectivity index (χ2v) is 5.50. The normalized spacial score (nSPS) is 19.3. The number of carbonyl (C=O) groups excluding carboxylic acids is 1. The first-order valence-electron chi connectivity index (χ1n) is 6.14. The Balaban J connectivity index is 2.17. The smallest absolute Gasteiger partial charge is 0.412 e. The van der Waals surface area contributed by atoms with Crippen molar-refractivity contribution in [3.8, 4) is 0 Å². The molecule has 0 fully saturated rings. The molecule has 0 saturated heterocycles. The van der Waals surface area contributed by atoms with Gasteiger partial charge in [0, 0.05) is 12.1 Å². The minimum absolute atomic E-state index is 0.468. The Hall–Kier alpha value is -1.55. The van der Waals surface area contributed by atoms with Crippen molar-refractivity contribution >= 4 is 6.09 Å². The van der Waals surface area contributed by atoms with E-state index < -0.39 is 17.9 Å². The summed E-state index contributed by atoms with van der Waals surface area (Å²) in [6.07, 6.45) is -0.638. The molecule has 1 aliphatic rings. The van der Waals surface area contributed by atoms with Crippen LogP contribution in [0.2, 0.25) is 0 Å². The van der Waals surface area contributed by atoms with Crippen molar-refractivity contribution in [1.29, 1.82) is 0 Å². The van der Waals surface area contributed by atoms with Crippen molar-refractivity contribution in [3.05, 3.63) is 35.4 Å². The van der Waals surface area contributed by atoms with Crippen molar-refractivity contribution in [3.63, 3.8) is 0 Å². The van der Waals surface area contributed by atoms with Gasteiger partial charge in [-0.1, -0.05) is 24.3 Å². The molecule has 1 amide bonds.